The Labute approximate surface area is 95.5 Å². The van der Waals surface area contributed by atoms with Gasteiger partial charge < -0.3 is 10.3 Å². The summed E-state index contributed by atoms with van der Waals surface area (Å²) < 4.78 is 2.10. The summed E-state index contributed by atoms with van der Waals surface area (Å²) in [4.78, 5) is 8.40. The molecule has 0 aromatic carbocycles. The molecule has 2 rings (SSSR count). The Balaban J connectivity index is 2.63. The van der Waals surface area contributed by atoms with E-state index < -0.39 is 0 Å². The molecule has 0 radical (unpaired) electrons. The van der Waals surface area contributed by atoms with Gasteiger partial charge in [-0.15, -0.1) is 0 Å². The molecule has 0 saturated heterocycles. The summed E-state index contributed by atoms with van der Waals surface area (Å²) in [6, 6.07) is 1.97. The van der Waals surface area contributed by atoms with Crippen LogP contribution in [0.2, 0.25) is 0 Å². The lowest BCUT2D eigenvalue weighted by atomic mass is 9.98. The van der Waals surface area contributed by atoms with Crippen LogP contribution in [0.25, 0.3) is 11.0 Å². The number of nitrogens with zero attached hydrogens (tertiary/aromatic N) is 3. The molecule has 4 heteroatoms. The van der Waals surface area contributed by atoms with E-state index >= 15 is 0 Å². The van der Waals surface area contributed by atoms with Crippen LogP contribution >= 0.6 is 0 Å². The van der Waals surface area contributed by atoms with Crippen molar-refractivity contribution in [1.82, 2.24) is 14.5 Å². The summed E-state index contributed by atoms with van der Waals surface area (Å²) >= 11 is 0. The number of hydrogen-bond donors (Lipinski definition) is 1. The van der Waals surface area contributed by atoms with E-state index in [1.807, 2.05) is 6.07 Å². The van der Waals surface area contributed by atoms with Gasteiger partial charge in [-0.2, -0.15) is 0 Å². The smallest absolute Gasteiger partial charge is 0.201 e. The van der Waals surface area contributed by atoms with E-state index in [1.165, 1.54) is 0 Å². The summed E-state index contributed by atoms with van der Waals surface area (Å²) in [7, 11) is 0. The number of nitrogen functional groups attached to an aromatic ring is 1. The number of hydrogen-bond acceptors (Lipinski definition) is 3. The van der Waals surface area contributed by atoms with Crippen molar-refractivity contribution < 1.29 is 0 Å². The van der Waals surface area contributed by atoms with Crippen LogP contribution in [0.5, 0.6) is 0 Å². The number of nitrogens with two attached hydrogens (primary N) is 1. The van der Waals surface area contributed by atoms with Crippen LogP contribution in [0.15, 0.2) is 18.5 Å². The molecule has 0 aliphatic heterocycles. The Bertz CT molecular complexity index is 499. The molecule has 4 nitrogen and oxygen atoms in total. The van der Waals surface area contributed by atoms with Gasteiger partial charge in [0.25, 0.3) is 0 Å². The third-order valence-corrected chi connectivity index (χ3v) is 2.95. The summed E-state index contributed by atoms with van der Waals surface area (Å²) in [6.07, 6.45) is 5.73. The van der Waals surface area contributed by atoms with Crippen molar-refractivity contribution >= 4 is 17.0 Å². The first-order valence-electron chi connectivity index (χ1n) is 5.64. The number of imidazole rings is 1. The van der Waals surface area contributed by atoms with Crippen LogP contribution in [0, 0.1) is 0 Å². The Kier molecular flexibility index (Phi) is 2.58. The Morgan fingerprint density at radius 2 is 2.19 bits per heavy atom. The summed E-state index contributed by atoms with van der Waals surface area (Å²) in [5, 5.41) is 0. The van der Waals surface area contributed by atoms with Crippen LogP contribution < -0.4 is 5.73 Å². The molecule has 2 aromatic heterocycles. The highest BCUT2D eigenvalue weighted by atomic mass is 15.2. The maximum absolute atomic E-state index is 5.99. The van der Waals surface area contributed by atoms with Gasteiger partial charge in [0.15, 0.2) is 0 Å². The SMILES string of the molecule is CCCC(C)(C)n1c(N)nc2cnccc21. The number of rotatable bonds is 3. The van der Waals surface area contributed by atoms with Gasteiger partial charge in [0, 0.05) is 11.7 Å². The number of anilines is 1. The van der Waals surface area contributed by atoms with Crippen LogP contribution in [0.4, 0.5) is 5.95 Å². The minimum absolute atomic E-state index is 0.00502. The number of aromatic nitrogens is 3. The second-order valence-electron chi connectivity index (χ2n) is 4.73. The zero-order valence-corrected chi connectivity index (χ0v) is 10.1. The molecule has 16 heavy (non-hydrogen) atoms. The first-order valence-corrected chi connectivity index (χ1v) is 5.64. The lowest BCUT2D eigenvalue weighted by Crippen LogP contribution is -2.27. The Morgan fingerprint density at radius 3 is 2.88 bits per heavy atom. The highest BCUT2D eigenvalue weighted by Crippen LogP contribution is 2.29. The van der Waals surface area contributed by atoms with E-state index in [2.05, 4.69) is 35.3 Å². The van der Waals surface area contributed by atoms with Gasteiger partial charge in [-0.3, -0.25) is 4.98 Å². The van der Waals surface area contributed by atoms with Gasteiger partial charge in [0.1, 0.15) is 5.52 Å². The average molecular weight is 218 g/mol. The third kappa shape index (κ3) is 1.64. The van der Waals surface area contributed by atoms with Gasteiger partial charge in [0.2, 0.25) is 5.95 Å². The molecule has 0 saturated carbocycles. The summed E-state index contributed by atoms with van der Waals surface area (Å²) in [6.45, 7) is 6.56. The normalized spacial score (nSPS) is 12.2. The zero-order chi connectivity index (χ0) is 11.8. The second-order valence-corrected chi connectivity index (χ2v) is 4.73. The Morgan fingerprint density at radius 1 is 1.44 bits per heavy atom. The van der Waals surface area contributed by atoms with E-state index in [0.717, 1.165) is 23.9 Å². The predicted molar refractivity (Wildman–Crippen MR) is 66.2 cm³/mol. The van der Waals surface area contributed by atoms with Gasteiger partial charge in [0.05, 0.1) is 11.7 Å². The van der Waals surface area contributed by atoms with E-state index in [-0.39, 0.29) is 5.54 Å². The summed E-state index contributed by atoms with van der Waals surface area (Å²) in [5.74, 6) is 0.571. The zero-order valence-electron chi connectivity index (χ0n) is 10.1. The molecule has 0 fully saturated rings. The van der Waals surface area contributed by atoms with Crippen molar-refractivity contribution in [1.29, 1.82) is 0 Å². The number of pyridine rings is 1. The lowest BCUT2D eigenvalue weighted by Gasteiger charge is -2.28. The molecule has 0 spiro atoms. The topological polar surface area (TPSA) is 56.7 Å². The molecule has 0 aliphatic rings. The van der Waals surface area contributed by atoms with Gasteiger partial charge in [-0.05, 0) is 26.3 Å². The highest BCUT2D eigenvalue weighted by Gasteiger charge is 2.23. The molecule has 0 atom stereocenters. The maximum atomic E-state index is 5.99. The standard InChI is InChI=1S/C12H18N4/c1-4-6-12(2,3)16-10-5-7-14-8-9(10)15-11(16)13/h5,7-8H,4,6H2,1-3H3,(H2,13,15). The van der Waals surface area contributed by atoms with Crippen molar-refractivity contribution in [3.8, 4) is 0 Å². The maximum Gasteiger partial charge on any atom is 0.201 e. The van der Waals surface area contributed by atoms with Gasteiger partial charge in [-0.25, -0.2) is 4.98 Å². The monoisotopic (exact) mass is 218 g/mol. The fourth-order valence-electron chi connectivity index (χ4n) is 2.31. The average Bonchev–Trinajstić information content (AvgIpc) is 2.53. The molecule has 0 bridgehead atoms. The van der Waals surface area contributed by atoms with E-state index in [9.17, 15) is 0 Å². The molecule has 86 valence electrons. The van der Waals surface area contributed by atoms with Gasteiger partial charge >= 0.3 is 0 Å². The van der Waals surface area contributed by atoms with Crippen LogP contribution in [0.1, 0.15) is 33.6 Å². The fourth-order valence-corrected chi connectivity index (χ4v) is 2.31. The molecule has 0 amide bonds. The first kappa shape index (κ1) is 10.9. The number of fused-ring (bicyclic) bond motifs is 1. The Hall–Kier alpha value is -1.58. The molecule has 0 unspecified atom stereocenters. The minimum Gasteiger partial charge on any atom is -0.369 e. The molecule has 2 heterocycles. The molecular weight excluding hydrogens is 200 g/mol. The van der Waals surface area contributed by atoms with Crippen molar-refractivity contribution in [3.05, 3.63) is 18.5 Å². The van der Waals surface area contributed by atoms with Crippen molar-refractivity contribution in [2.75, 3.05) is 5.73 Å². The summed E-state index contributed by atoms with van der Waals surface area (Å²) in [5.41, 5.74) is 7.91. The quantitative estimate of drug-likeness (QED) is 0.861. The molecule has 2 aromatic rings. The predicted octanol–water partition coefficient (Wildman–Crippen LogP) is 2.55. The van der Waals surface area contributed by atoms with Crippen molar-refractivity contribution in [2.24, 2.45) is 0 Å². The first-order chi connectivity index (χ1) is 7.56. The van der Waals surface area contributed by atoms with Crippen LogP contribution in [-0.2, 0) is 5.54 Å². The third-order valence-electron chi connectivity index (χ3n) is 2.95. The van der Waals surface area contributed by atoms with E-state index in [4.69, 9.17) is 5.73 Å². The lowest BCUT2D eigenvalue weighted by molar-refractivity contribution is 0.338. The van der Waals surface area contributed by atoms with Crippen LogP contribution in [0.3, 0.4) is 0 Å². The molecule has 2 N–H and O–H groups in total. The van der Waals surface area contributed by atoms with Crippen molar-refractivity contribution in [2.45, 2.75) is 39.2 Å². The minimum atomic E-state index is -0.00502. The van der Waals surface area contributed by atoms with Crippen LogP contribution in [-0.4, -0.2) is 14.5 Å². The van der Waals surface area contributed by atoms with E-state index in [1.54, 1.807) is 12.4 Å². The molecule has 0 aliphatic carbocycles. The highest BCUT2D eigenvalue weighted by molar-refractivity contribution is 5.77. The van der Waals surface area contributed by atoms with Gasteiger partial charge in [-0.1, -0.05) is 13.3 Å². The molecular formula is C12H18N4. The second kappa shape index (κ2) is 3.77. The fraction of sp³-hybridized carbons (Fsp3) is 0.500. The van der Waals surface area contributed by atoms with E-state index in [0.29, 0.717) is 5.95 Å². The largest absolute Gasteiger partial charge is 0.369 e. The van der Waals surface area contributed by atoms with Crippen molar-refractivity contribution in [3.63, 3.8) is 0 Å².